The summed E-state index contributed by atoms with van der Waals surface area (Å²) < 4.78 is 0. The lowest BCUT2D eigenvalue weighted by Gasteiger charge is -2.12. The zero-order valence-corrected chi connectivity index (χ0v) is 12.0. The summed E-state index contributed by atoms with van der Waals surface area (Å²) in [7, 11) is 0. The van der Waals surface area contributed by atoms with Gasteiger partial charge in [0.25, 0.3) is 0 Å². The molecule has 20 heavy (non-hydrogen) atoms. The van der Waals surface area contributed by atoms with Crippen molar-refractivity contribution in [1.82, 2.24) is 4.98 Å². The van der Waals surface area contributed by atoms with Crippen LogP contribution in [-0.4, -0.2) is 16.1 Å². The molecule has 2 N–H and O–H groups in total. The molecule has 0 saturated heterocycles. The Hall–Kier alpha value is -2.07. The van der Waals surface area contributed by atoms with Gasteiger partial charge in [0.1, 0.15) is 11.4 Å². The van der Waals surface area contributed by atoms with E-state index in [4.69, 9.17) is 11.6 Å². The van der Waals surface area contributed by atoms with E-state index in [-0.39, 0.29) is 5.56 Å². The molecule has 2 aromatic rings. The summed E-state index contributed by atoms with van der Waals surface area (Å²) in [6.07, 6.45) is 0. The van der Waals surface area contributed by atoms with E-state index in [0.717, 1.165) is 11.3 Å². The number of aromatic nitrogens is 1. The number of hydrogen-bond donors (Lipinski definition) is 2. The molecule has 0 amide bonds. The number of anilines is 1. The lowest BCUT2D eigenvalue weighted by atomic mass is 10.1. The van der Waals surface area contributed by atoms with Crippen molar-refractivity contribution in [2.75, 3.05) is 5.32 Å². The number of carboxylic acids is 1. The Labute approximate surface area is 122 Å². The van der Waals surface area contributed by atoms with Gasteiger partial charge in [-0.05, 0) is 43.2 Å². The fourth-order valence-electron chi connectivity index (χ4n) is 2.02. The van der Waals surface area contributed by atoms with Crippen LogP contribution in [-0.2, 0) is 6.54 Å². The van der Waals surface area contributed by atoms with Gasteiger partial charge in [-0.15, -0.1) is 0 Å². The summed E-state index contributed by atoms with van der Waals surface area (Å²) in [5, 5.41) is 13.0. The molecule has 0 aliphatic heterocycles. The topological polar surface area (TPSA) is 62.2 Å². The minimum Gasteiger partial charge on any atom is -0.478 e. The van der Waals surface area contributed by atoms with Crippen molar-refractivity contribution >= 4 is 23.4 Å². The minimum atomic E-state index is -0.978. The Morgan fingerprint density at radius 1 is 1.30 bits per heavy atom. The molecule has 104 valence electrons. The highest BCUT2D eigenvalue weighted by Crippen LogP contribution is 2.20. The van der Waals surface area contributed by atoms with Crippen molar-refractivity contribution < 1.29 is 9.90 Å². The first-order chi connectivity index (χ1) is 9.47. The number of halogens is 1. The smallest absolute Gasteiger partial charge is 0.339 e. The van der Waals surface area contributed by atoms with E-state index in [2.05, 4.69) is 10.3 Å². The van der Waals surface area contributed by atoms with Gasteiger partial charge in [-0.25, -0.2) is 9.78 Å². The maximum Gasteiger partial charge on any atom is 0.339 e. The normalized spacial score (nSPS) is 10.3. The van der Waals surface area contributed by atoms with Crippen molar-refractivity contribution in [3.63, 3.8) is 0 Å². The molecule has 0 bridgehead atoms. The number of aryl methyl sites for hydroxylation is 2. The Bertz CT molecular complexity index is 639. The number of carbonyl (C=O) groups is 1. The van der Waals surface area contributed by atoms with Gasteiger partial charge in [-0.3, -0.25) is 0 Å². The van der Waals surface area contributed by atoms with Crippen LogP contribution in [0.4, 0.5) is 5.82 Å². The Balaban J connectivity index is 2.24. The Kier molecular flexibility index (Phi) is 4.25. The third kappa shape index (κ3) is 3.27. The molecule has 1 aromatic heterocycles. The number of aromatic carboxylic acids is 1. The zero-order valence-electron chi connectivity index (χ0n) is 11.3. The van der Waals surface area contributed by atoms with E-state index in [1.807, 2.05) is 19.1 Å². The van der Waals surface area contributed by atoms with Crippen LogP contribution in [0, 0.1) is 13.8 Å². The van der Waals surface area contributed by atoms with Gasteiger partial charge in [0, 0.05) is 17.3 Å². The van der Waals surface area contributed by atoms with Gasteiger partial charge >= 0.3 is 5.97 Å². The Morgan fingerprint density at radius 2 is 1.95 bits per heavy atom. The monoisotopic (exact) mass is 290 g/mol. The maximum absolute atomic E-state index is 11.3. The van der Waals surface area contributed by atoms with Gasteiger partial charge < -0.3 is 10.4 Å². The predicted octanol–water partition coefficient (Wildman–Crippen LogP) is 3.66. The van der Waals surface area contributed by atoms with Gasteiger partial charge in [0.2, 0.25) is 0 Å². The molecule has 4 nitrogen and oxygen atoms in total. The first kappa shape index (κ1) is 14.3. The summed E-state index contributed by atoms with van der Waals surface area (Å²) in [5.74, 6) is -0.585. The lowest BCUT2D eigenvalue weighted by molar-refractivity contribution is 0.0697. The second-order valence-corrected chi connectivity index (χ2v) is 5.03. The number of benzene rings is 1. The van der Waals surface area contributed by atoms with Crippen LogP contribution in [0.25, 0.3) is 0 Å². The second kappa shape index (κ2) is 5.92. The minimum absolute atomic E-state index is 0.213. The van der Waals surface area contributed by atoms with Crippen LogP contribution in [0.5, 0.6) is 0 Å². The largest absolute Gasteiger partial charge is 0.478 e. The van der Waals surface area contributed by atoms with Crippen molar-refractivity contribution in [1.29, 1.82) is 0 Å². The highest BCUT2D eigenvalue weighted by Gasteiger charge is 2.15. The van der Waals surface area contributed by atoms with Crippen molar-refractivity contribution in [3.05, 3.63) is 57.7 Å². The highest BCUT2D eigenvalue weighted by molar-refractivity contribution is 6.30. The Morgan fingerprint density at radius 3 is 2.55 bits per heavy atom. The summed E-state index contributed by atoms with van der Waals surface area (Å²) >= 11 is 5.83. The van der Waals surface area contributed by atoms with E-state index >= 15 is 0 Å². The summed E-state index contributed by atoms with van der Waals surface area (Å²) in [6.45, 7) is 4.10. The lowest BCUT2D eigenvalue weighted by Crippen LogP contribution is -2.11. The molecule has 1 aromatic carbocycles. The van der Waals surface area contributed by atoms with E-state index in [0.29, 0.717) is 22.9 Å². The van der Waals surface area contributed by atoms with Gasteiger partial charge in [-0.2, -0.15) is 0 Å². The van der Waals surface area contributed by atoms with E-state index < -0.39 is 5.97 Å². The van der Waals surface area contributed by atoms with Gasteiger partial charge in [-0.1, -0.05) is 23.7 Å². The second-order valence-electron chi connectivity index (χ2n) is 4.59. The van der Waals surface area contributed by atoms with Gasteiger partial charge in [0.05, 0.1) is 0 Å². The first-order valence-electron chi connectivity index (χ1n) is 6.17. The quantitative estimate of drug-likeness (QED) is 0.902. The highest BCUT2D eigenvalue weighted by atomic mass is 35.5. The van der Waals surface area contributed by atoms with Crippen LogP contribution >= 0.6 is 11.6 Å². The molecule has 2 rings (SSSR count). The number of hydrogen-bond acceptors (Lipinski definition) is 3. The van der Waals surface area contributed by atoms with Crippen LogP contribution < -0.4 is 5.32 Å². The third-order valence-electron chi connectivity index (χ3n) is 2.93. The molecule has 0 radical (unpaired) electrons. The van der Waals surface area contributed by atoms with Crippen LogP contribution in [0.2, 0.25) is 5.02 Å². The third-order valence-corrected chi connectivity index (χ3v) is 3.18. The molecule has 0 aliphatic carbocycles. The average molecular weight is 291 g/mol. The molecule has 0 unspecified atom stereocenters. The summed E-state index contributed by atoms with van der Waals surface area (Å²) in [4.78, 5) is 15.6. The van der Waals surface area contributed by atoms with Crippen LogP contribution in [0.3, 0.4) is 0 Å². The van der Waals surface area contributed by atoms with Crippen LogP contribution in [0.15, 0.2) is 30.3 Å². The molecule has 0 saturated carbocycles. The number of nitrogens with one attached hydrogen (secondary N) is 1. The van der Waals surface area contributed by atoms with Crippen molar-refractivity contribution in [3.8, 4) is 0 Å². The molecule has 5 heteroatoms. The summed E-state index contributed by atoms with van der Waals surface area (Å²) in [6, 6.07) is 9.13. The molecule has 1 heterocycles. The van der Waals surface area contributed by atoms with Gasteiger partial charge in [0.15, 0.2) is 0 Å². The molecule has 0 fully saturated rings. The fraction of sp³-hybridized carbons (Fsp3) is 0.200. The van der Waals surface area contributed by atoms with E-state index in [1.54, 1.807) is 25.1 Å². The predicted molar refractivity (Wildman–Crippen MR) is 79.4 cm³/mol. The van der Waals surface area contributed by atoms with Crippen LogP contribution in [0.1, 0.15) is 27.2 Å². The number of nitrogens with zero attached hydrogens (tertiary/aromatic N) is 1. The molecule has 0 spiro atoms. The van der Waals surface area contributed by atoms with E-state index in [9.17, 15) is 9.90 Å². The molecule has 0 aliphatic rings. The number of carboxylic acid groups (broad SMARTS) is 1. The molecule has 0 atom stereocenters. The number of rotatable bonds is 4. The number of pyridine rings is 1. The fourth-order valence-corrected chi connectivity index (χ4v) is 2.15. The molecular weight excluding hydrogens is 276 g/mol. The van der Waals surface area contributed by atoms with Crippen molar-refractivity contribution in [2.24, 2.45) is 0 Å². The zero-order chi connectivity index (χ0) is 14.7. The summed E-state index contributed by atoms with van der Waals surface area (Å²) in [5.41, 5.74) is 2.70. The SMILES string of the molecule is Cc1cc(C)c(C(=O)O)c(NCc2ccc(Cl)cc2)n1. The standard InChI is InChI=1S/C15H15ClN2O2/c1-9-7-10(2)18-14(13(9)15(19)20)17-8-11-3-5-12(16)6-4-11/h3-7H,8H2,1-2H3,(H,17,18)(H,19,20). The van der Waals surface area contributed by atoms with Crippen molar-refractivity contribution in [2.45, 2.75) is 20.4 Å². The molecular formula is C15H15ClN2O2. The van der Waals surface area contributed by atoms with E-state index in [1.165, 1.54) is 0 Å². The average Bonchev–Trinajstić information content (AvgIpc) is 2.36. The maximum atomic E-state index is 11.3. The first-order valence-corrected chi connectivity index (χ1v) is 6.55.